The molecule has 0 bridgehead atoms. The number of anilines is 1. The standard InChI is InChI=1S/C20H24ClN5O2/c21-16-3-1-2-4-18(16)23-19(27)13-25-7-9-26(10-8-25)20(28)14-5-6-17-15(11-14)12-22-24-17/h1-4,12,14H,5-11,13H2,(H,22,24)(H,23,27). The van der Waals surface area contributed by atoms with Crippen molar-refractivity contribution in [2.45, 2.75) is 19.3 Å². The monoisotopic (exact) mass is 401 g/mol. The number of aryl methyl sites for hydroxylation is 1. The Bertz CT molecular complexity index is 860. The van der Waals surface area contributed by atoms with Gasteiger partial charge in [0.05, 0.1) is 23.5 Å². The molecule has 2 heterocycles. The molecule has 1 atom stereocenters. The Morgan fingerprint density at radius 2 is 2.00 bits per heavy atom. The van der Waals surface area contributed by atoms with E-state index in [0.29, 0.717) is 43.4 Å². The van der Waals surface area contributed by atoms with Crippen LogP contribution >= 0.6 is 11.6 Å². The van der Waals surface area contributed by atoms with E-state index >= 15 is 0 Å². The molecule has 1 aliphatic heterocycles. The van der Waals surface area contributed by atoms with Crippen LogP contribution in [0.1, 0.15) is 17.7 Å². The summed E-state index contributed by atoms with van der Waals surface area (Å²) in [6.07, 6.45) is 4.36. The number of fused-ring (bicyclic) bond motifs is 1. The summed E-state index contributed by atoms with van der Waals surface area (Å²) in [5, 5.41) is 10.5. The first kappa shape index (κ1) is 19.0. The number of H-pyrrole nitrogens is 1. The SMILES string of the molecule is O=C(CN1CCN(C(=O)C2CCc3[nH]ncc3C2)CC1)Nc1ccccc1Cl. The van der Waals surface area contributed by atoms with Crippen molar-refractivity contribution in [3.05, 3.63) is 46.7 Å². The van der Waals surface area contributed by atoms with Crippen LogP contribution in [-0.2, 0) is 22.4 Å². The molecule has 2 aliphatic rings. The van der Waals surface area contributed by atoms with Gasteiger partial charge >= 0.3 is 0 Å². The molecular formula is C20H24ClN5O2. The molecule has 1 aromatic carbocycles. The third-order valence-electron chi connectivity index (χ3n) is 5.56. The molecule has 0 spiro atoms. The zero-order valence-electron chi connectivity index (χ0n) is 15.7. The number of aromatic nitrogens is 2. The van der Waals surface area contributed by atoms with Gasteiger partial charge in [0, 0.05) is 37.8 Å². The van der Waals surface area contributed by atoms with E-state index in [1.807, 2.05) is 23.2 Å². The predicted octanol–water partition coefficient (Wildman–Crippen LogP) is 1.95. The number of halogens is 1. The van der Waals surface area contributed by atoms with E-state index in [2.05, 4.69) is 20.4 Å². The van der Waals surface area contributed by atoms with Crippen molar-refractivity contribution in [1.29, 1.82) is 0 Å². The third kappa shape index (κ3) is 4.20. The molecule has 148 valence electrons. The fourth-order valence-corrected chi connectivity index (χ4v) is 4.15. The molecule has 8 heteroatoms. The quantitative estimate of drug-likeness (QED) is 0.820. The van der Waals surface area contributed by atoms with Crippen molar-refractivity contribution in [1.82, 2.24) is 20.0 Å². The minimum atomic E-state index is -0.0901. The summed E-state index contributed by atoms with van der Waals surface area (Å²) in [6.45, 7) is 3.02. The summed E-state index contributed by atoms with van der Waals surface area (Å²) in [5.41, 5.74) is 2.96. The van der Waals surface area contributed by atoms with Crippen LogP contribution in [0.2, 0.25) is 5.02 Å². The molecule has 1 fully saturated rings. The summed E-state index contributed by atoms with van der Waals surface area (Å²) in [6, 6.07) is 7.20. The fraction of sp³-hybridized carbons (Fsp3) is 0.450. The van der Waals surface area contributed by atoms with Crippen molar-refractivity contribution in [3.63, 3.8) is 0 Å². The highest BCUT2D eigenvalue weighted by Gasteiger charge is 2.31. The molecule has 1 aromatic heterocycles. The van der Waals surface area contributed by atoms with Gasteiger partial charge in [-0.25, -0.2) is 0 Å². The molecule has 2 amide bonds. The zero-order valence-corrected chi connectivity index (χ0v) is 16.4. The lowest BCUT2D eigenvalue weighted by Gasteiger charge is -2.36. The van der Waals surface area contributed by atoms with E-state index in [1.54, 1.807) is 12.1 Å². The molecule has 1 saturated heterocycles. The van der Waals surface area contributed by atoms with Crippen molar-refractivity contribution in [3.8, 4) is 0 Å². The van der Waals surface area contributed by atoms with Crippen LogP contribution in [-0.4, -0.2) is 64.5 Å². The number of nitrogens with zero attached hydrogens (tertiary/aromatic N) is 3. The van der Waals surface area contributed by atoms with Gasteiger partial charge in [0.1, 0.15) is 0 Å². The van der Waals surface area contributed by atoms with Crippen molar-refractivity contribution < 1.29 is 9.59 Å². The lowest BCUT2D eigenvalue weighted by Crippen LogP contribution is -2.52. The van der Waals surface area contributed by atoms with Gasteiger partial charge in [-0.05, 0) is 37.0 Å². The van der Waals surface area contributed by atoms with Gasteiger partial charge in [-0.2, -0.15) is 5.10 Å². The Kier molecular flexibility index (Phi) is 5.64. The number of carbonyl (C=O) groups excluding carboxylic acids is 2. The summed E-state index contributed by atoms with van der Waals surface area (Å²) < 4.78 is 0. The molecule has 7 nitrogen and oxygen atoms in total. The van der Waals surface area contributed by atoms with E-state index in [9.17, 15) is 9.59 Å². The number of piperazine rings is 1. The van der Waals surface area contributed by atoms with E-state index in [1.165, 1.54) is 11.3 Å². The van der Waals surface area contributed by atoms with E-state index in [4.69, 9.17) is 11.6 Å². The smallest absolute Gasteiger partial charge is 0.238 e. The van der Waals surface area contributed by atoms with Crippen molar-refractivity contribution in [2.24, 2.45) is 5.92 Å². The lowest BCUT2D eigenvalue weighted by atomic mass is 9.87. The highest BCUT2D eigenvalue weighted by atomic mass is 35.5. The fourth-order valence-electron chi connectivity index (χ4n) is 3.97. The average molecular weight is 402 g/mol. The Labute approximate surface area is 169 Å². The van der Waals surface area contributed by atoms with E-state index < -0.39 is 0 Å². The molecule has 0 saturated carbocycles. The van der Waals surface area contributed by atoms with Crippen molar-refractivity contribution >= 4 is 29.1 Å². The summed E-state index contributed by atoms with van der Waals surface area (Å²) >= 11 is 6.08. The van der Waals surface area contributed by atoms with Crippen LogP contribution in [0, 0.1) is 5.92 Å². The second-order valence-corrected chi connectivity index (χ2v) is 7.85. The molecule has 1 aliphatic carbocycles. The Morgan fingerprint density at radius 3 is 2.79 bits per heavy atom. The number of rotatable bonds is 4. The summed E-state index contributed by atoms with van der Waals surface area (Å²) in [4.78, 5) is 29.2. The third-order valence-corrected chi connectivity index (χ3v) is 5.89. The number of aromatic amines is 1. The van der Waals surface area contributed by atoms with Crippen LogP contribution in [0.4, 0.5) is 5.69 Å². The van der Waals surface area contributed by atoms with Crippen molar-refractivity contribution in [2.75, 3.05) is 38.0 Å². The Balaban J connectivity index is 1.25. The molecule has 28 heavy (non-hydrogen) atoms. The Hall–Kier alpha value is -2.38. The zero-order chi connectivity index (χ0) is 19.5. The first-order valence-electron chi connectivity index (χ1n) is 9.67. The molecule has 0 radical (unpaired) electrons. The maximum absolute atomic E-state index is 12.9. The largest absolute Gasteiger partial charge is 0.340 e. The van der Waals surface area contributed by atoms with Gasteiger partial charge in [0.15, 0.2) is 0 Å². The predicted molar refractivity (Wildman–Crippen MR) is 107 cm³/mol. The normalized spacial score (nSPS) is 19.9. The second-order valence-electron chi connectivity index (χ2n) is 7.44. The highest BCUT2D eigenvalue weighted by molar-refractivity contribution is 6.33. The van der Waals surface area contributed by atoms with Gasteiger partial charge in [-0.1, -0.05) is 23.7 Å². The number of carbonyl (C=O) groups is 2. The van der Waals surface area contributed by atoms with Crippen LogP contribution in [0.3, 0.4) is 0 Å². The van der Waals surface area contributed by atoms with Gasteiger partial charge in [-0.15, -0.1) is 0 Å². The van der Waals surface area contributed by atoms with Gasteiger partial charge in [0.25, 0.3) is 0 Å². The first-order chi connectivity index (χ1) is 13.6. The number of hydrogen-bond donors (Lipinski definition) is 2. The summed E-state index contributed by atoms with van der Waals surface area (Å²) in [7, 11) is 0. The average Bonchev–Trinajstić information content (AvgIpc) is 3.17. The molecule has 4 rings (SSSR count). The number of amides is 2. The van der Waals surface area contributed by atoms with Gasteiger partial charge < -0.3 is 10.2 Å². The van der Waals surface area contributed by atoms with Crippen LogP contribution in [0.25, 0.3) is 0 Å². The first-order valence-corrected chi connectivity index (χ1v) is 10.0. The number of nitrogens with one attached hydrogen (secondary N) is 2. The maximum atomic E-state index is 12.9. The molecular weight excluding hydrogens is 378 g/mol. The highest BCUT2D eigenvalue weighted by Crippen LogP contribution is 2.26. The molecule has 1 unspecified atom stereocenters. The number of benzene rings is 1. The van der Waals surface area contributed by atoms with Gasteiger partial charge in [-0.3, -0.25) is 19.6 Å². The van der Waals surface area contributed by atoms with E-state index in [-0.39, 0.29) is 17.7 Å². The second kappa shape index (κ2) is 8.32. The van der Waals surface area contributed by atoms with Crippen LogP contribution in [0.15, 0.2) is 30.5 Å². The van der Waals surface area contributed by atoms with E-state index in [0.717, 1.165) is 19.3 Å². The number of para-hydroxylation sites is 1. The lowest BCUT2D eigenvalue weighted by molar-refractivity contribution is -0.137. The maximum Gasteiger partial charge on any atom is 0.238 e. The molecule has 2 aromatic rings. The van der Waals surface area contributed by atoms with Crippen LogP contribution in [0.5, 0.6) is 0 Å². The molecule has 2 N–H and O–H groups in total. The van der Waals surface area contributed by atoms with Crippen LogP contribution < -0.4 is 5.32 Å². The van der Waals surface area contributed by atoms with Gasteiger partial charge in [0.2, 0.25) is 11.8 Å². The topological polar surface area (TPSA) is 81.3 Å². The number of hydrogen-bond acceptors (Lipinski definition) is 4. The minimum absolute atomic E-state index is 0.0418. The summed E-state index contributed by atoms with van der Waals surface area (Å²) in [5.74, 6) is 0.180. The Morgan fingerprint density at radius 1 is 1.21 bits per heavy atom. The minimum Gasteiger partial charge on any atom is -0.340 e.